The molecule has 0 spiro atoms. The Bertz CT molecular complexity index is 312. The fourth-order valence-corrected chi connectivity index (χ4v) is 1.83. The van der Waals surface area contributed by atoms with Crippen LogP contribution in [0.25, 0.3) is 0 Å². The highest BCUT2D eigenvalue weighted by Gasteiger charge is 2.09. The first-order chi connectivity index (χ1) is 7.27. The summed E-state index contributed by atoms with van der Waals surface area (Å²) in [7, 11) is 1.36. The minimum absolute atomic E-state index is 0.375. The Kier molecular flexibility index (Phi) is 5.10. The predicted molar refractivity (Wildman–Crippen MR) is 61.5 cm³/mol. The van der Waals surface area contributed by atoms with Crippen LogP contribution in [-0.4, -0.2) is 24.6 Å². The number of hydrogen-bond donors (Lipinski definition) is 1. The summed E-state index contributed by atoms with van der Waals surface area (Å²) in [5.41, 5.74) is 0.375. The van der Waals surface area contributed by atoms with Crippen molar-refractivity contribution in [3.05, 3.63) is 11.1 Å². The van der Waals surface area contributed by atoms with Gasteiger partial charge in [-0.3, -0.25) is 0 Å². The van der Waals surface area contributed by atoms with Crippen LogP contribution < -0.4 is 5.32 Å². The lowest BCUT2D eigenvalue weighted by molar-refractivity contribution is 0.0595. The first kappa shape index (κ1) is 12.0. The number of anilines is 1. The van der Waals surface area contributed by atoms with Gasteiger partial charge in [-0.2, -0.15) is 0 Å². The van der Waals surface area contributed by atoms with Crippen LogP contribution in [0, 0.1) is 0 Å². The minimum atomic E-state index is -0.382. The molecule has 0 aliphatic carbocycles. The second kappa shape index (κ2) is 6.40. The van der Waals surface area contributed by atoms with Gasteiger partial charge in [0.15, 0.2) is 10.8 Å². The van der Waals surface area contributed by atoms with Gasteiger partial charge >= 0.3 is 5.97 Å². The first-order valence-electron chi connectivity index (χ1n) is 5.05. The molecule has 0 saturated heterocycles. The maximum absolute atomic E-state index is 11.1. The summed E-state index contributed by atoms with van der Waals surface area (Å²) in [6, 6.07) is 0. The Labute approximate surface area is 93.7 Å². The number of methoxy groups -OCH3 is 1. The van der Waals surface area contributed by atoms with E-state index in [1.807, 2.05) is 0 Å². The number of unbranched alkanes of at least 4 members (excludes halogenated alkanes) is 2. The molecule has 0 fully saturated rings. The van der Waals surface area contributed by atoms with Crippen molar-refractivity contribution in [3.63, 3.8) is 0 Å². The van der Waals surface area contributed by atoms with Crippen LogP contribution in [0.5, 0.6) is 0 Å². The number of esters is 1. The number of carbonyl (C=O) groups excluding carboxylic acids is 1. The van der Waals surface area contributed by atoms with Crippen LogP contribution in [0.3, 0.4) is 0 Å². The summed E-state index contributed by atoms with van der Waals surface area (Å²) in [4.78, 5) is 15.2. The maximum Gasteiger partial charge on any atom is 0.357 e. The van der Waals surface area contributed by atoms with Crippen molar-refractivity contribution >= 4 is 22.4 Å². The first-order valence-corrected chi connectivity index (χ1v) is 5.93. The van der Waals surface area contributed by atoms with Crippen molar-refractivity contribution in [2.45, 2.75) is 26.2 Å². The third kappa shape index (κ3) is 3.87. The monoisotopic (exact) mass is 228 g/mol. The maximum atomic E-state index is 11.1. The Hall–Kier alpha value is -1.10. The average molecular weight is 228 g/mol. The van der Waals surface area contributed by atoms with Crippen molar-refractivity contribution < 1.29 is 9.53 Å². The van der Waals surface area contributed by atoms with E-state index in [9.17, 15) is 4.79 Å². The summed E-state index contributed by atoms with van der Waals surface area (Å²) in [6.07, 6.45) is 3.54. The smallest absolute Gasteiger partial charge is 0.357 e. The average Bonchev–Trinajstić information content (AvgIpc) is 2.72. The highest BCUT2D eigenvalue weighted by Crippen LogP contribution is 2.15. The Morgan fingerprint density at radius 2 is 2.40 bits per heavy atom. The van der Waals surface area contributed by atoms with Gasteiger partial charge in [-0.05, 0) is 6.42 Å². The SMILES string of the molecule is CCCCCNc1nc(C(=O)OC)cs1. The van der Waals surface area contributed by atoms with Gasteiger partial charge in [0, 0.05) is 11.9 Å². The van der Waals surface area contributed by atoms with Crippen molar-refractivity contribution in [2.75, 3.05) is 19.0 Å². The van der Waals surface area contributed by atoms with Crippen molar-refractivity contribution in [2.24, 2.45) is 0 Å². The molecule has 0 aromatic carbocycles. The summed E-state index contributed by atoms with van der Waals surface area (Å²) in [5.74, 6) is -0.382. The van der Waals surface area contributed by atoms with Gasteiger partial charge in [0.05, 0.1) is 7.11 Å². The minimum Gasteiger partial charge on any atom is -0.464 e. The van der Waals surface area contributed by atoms with Gasteiger partial charge in [-0.15, -0.1) is 11.3 Å². The topological polar surface area (TPSA) is 51.2 Å². The Morgan fingerprint density at radius 3 is 3.07 bits per heavy atom. The zero-order valence-corrected chi connectivity index (χ0v) is 9.89. The Morgan fingerprint density at radius 1 is 1.60 bits per heavy atom. The number of aromatic nitrogens is 1. The summed E-state index contributed by atoms with van der Waals surface area (Å²) in [5, 5.41) is 5.66. The molecule has 0 saturated carbocycles. The van der Waals surface area contributed by atoms with E-state index in [-0.39, 0.29) is 5.97 Å². The lowest BCUT2D eigenvalue weighted by Gasteiger charge is -2.00. The molecule has 5 heteroatoms. The summed E-state index contributed by atoms with van der Waals surface area (Å²) >= 11 is 1.43. The summed E-state index contributed by atoms with van der Waals surface area (Å²) in [6.45, 7) is 3.07. The molecule has 0 radical (unpaired) electrons. The van der Waals surface area contributed by atoms with E-state index >= 15 is 0 Å². The molecule has 1 aromatic rings. The van der Waals surface area contributed by atoms with Crippen molar-refractivity contribution in [1.29, 1.82) is 0 Å². The molecule has 1 N–H and O–H groups in total. The number of carbonyl (C=O) groups is 1. The van der Waals surface area contributed by atoms with Crippen LogP contribution in [0.2, 0.25) is 0 Å². The number of hydrogen-bond acceptors (Lipinski definition) is 5. The zero-order chi connectivity index (χ0) is 11.1. The van der Waals surface area contributed by atoms with Crippen LogP contribution >= 0.6 is 11.3 Å². The number of thiazole rings is 1. The molecule has 4 nitrogen and oxygen atoms in total. The van der Waals surface area contributed by atoms with Gasteiger partial charge in [-0.25, -0.2) is 9.78 Å². The van der Waals surface area contributed by atoms with Gasteiger partial charge in [0.1, 0.15) is 0 Å². The lowest BCUT2D eigenvalue weighted by Crippen LogP contribution is -2.04. The molecule has 15 heavy (non-hydrogen) atoms. The van der Waals surface area contributed by atoms with E-state index in [1.54, 1.807) is 5.38 Å². The molecular formula is C10H16N2O2S. The van der Waals surface area contributed by atoms with Crippen LogP contribution in [0.15, 0.2) is 5.38 Å². The molecule has 0 unspecified atom stereocenters. The molecular weight excluding hydrogens is 212 g/mol. The van der Waals surface area contributed by atoms with Gasteiger partial charge in [0.2, 0.25) is 0 Å². The molecule has 0 bridgehead atoms. The van der Waals surface area contributed by atoms with E-state index in [0.29, 0.717) is 5.69 Å². The standard InChI is InChI=1S/C10H16N2O2S/c1-3-4-5-6-11-10-12-8(7-15-10)9(13)14-2/h7H,3-6H2,1-2H3,(H,11,12). The highest BCUT2D eigenvalue weighted by atomic mass is 32.1. The largest absolute Gasteiger partial charge is 0.464 e. The zero-order valence-electron chi connectivity index (χ0n) is 9.08. The third-order valence-corrected chi connectivity index (χ3v) is 2.76. The highest BCUT2D eigenvalue weighted by molar-refractivity contribution is 7.13. The second-order valence-corrected chi connectivity index (χ2v) is 4.02. The number of rotatable bonds is 6. The Balaban J connectivity index is 2.36. The van der Waals surface area contributed by atoms with Crippen LogP contribution in [0.4, 0.5) is 5.13 Å². The van der Waals surface area contributed by atoms with E-state index < -0.39 is 0 Å². The normalized spacial score (nSPS) is 10.0. The number of ether oxygens (including phenoxy) is 1. The van der Waals surface area contributed by atoms with Crippen LogP contribution in [-0.2, 0) is 4.74 Å². The molecule has 1 heterocycles. The second-order valence-electron chi connectivity index (χ2n) is 3.16. The molecule has 0 aliphatic rings. The van der Waals surface area contributed by atoms with E-state index in [2.05, 4.69) is 22.0 Å². The van der Waals surface area contributed by atoms with E-state index in [4.69, 9.17) is 0 Å². The van der Waals surface area contributed by atoms with E-state index in [0.717, 1.165) is 18.1 Å². The molecule has 0 amide bonds. The van der Waals surface area contributed by atoms with E-state index in [1.165, 1.54) is 31.3 Å². The molecule has 0 aliphatic heterocycles. The quantitative estimate of drug-likeness (QED) is 0.600. The molecule has 0 atom stereocenters. The van der Waals surface area contributed by atoms with Crippen molar-refractivity contribution in [1.82, 2.24) is 4.98 Å². The number of nitrogens with zero attached hydrogens (tertiary/aromatic N) is 1. The van der Waals surface area contributed by atoms with Gasteiger partial charge in [-0.1, -0.05) is 19.8 Å². The van der Waals surface area contributed by atoms with Crippen molar-refractivity contribution in [3.8, 4) is 0 Å². The fourth-order valence-electron chi connectivity index (χ4n) is 1.12. The third-order valence-electron chi connectivity index (χ3n) is 1.96. The predicted octanol–water partition coefficient (Wildman–Crippen LogP) is 2.53. The summed E-state index contributed by atoms with van der Waals surface area (Å²) < 4.78 is 4.57. The number of nitrogens with one attached hydrogen (secondary N) is 1. The molecule has 84 valence electrons. The molecule has 1 aromatic heterocycles. The molecule has 1 rings (SSSR count). The fraction of sp³-hybridized carbons (Fsp3) is 0.600. The van der Waals surface area contributed by atoms with Gasteiger partial charge in [0.25, 0.3) is 0 Å². The van der Waals surface area contributed by atoms with Crippen LogP contribution in [0.1, 0.15) is 36.7 Å². The lowest BCUT2D eigenvalue weighted by atomic mass is 10.2. The van der Waals surface area contributed by atoms with Gasteiger partial charge < -0.3 is 10.1 Å².